The molecule has 36 heavy (non-hydrogen) atoms. The third kappa shape index (κ3) is 7.61. The van der Waals surface area contributed by atoms with Gasteiger partial charge in [-0.25, -0.2) is 0 Å². The first-order valence-electron chi connectivity index (χ1n) is 13.9. The lowest BCUT2D eigenvalue weighted by molar-refractivity contribution is 0.252. The standard InChI is InChI=1S/C33H47N3/c1-6-9-16-29-20-19-28(26-32(29)34-5)15-11-10-12-21-35-22-24-36(25-23-35)33-18-13-17-30(27(4)8-3)31(33)14-7-2/h6-7,9,13-14,16-20,26-27,34H,1,8,10-12,15,21-25H2,2-5H3/b14-7-,16-9-. The smallest absolute Gasteiger partial charge is 0.0443 e. The zero-order chi connectivity index (χ0) is 25.8. The number of hydrogen-bond acceptors (Lipinski definition) is 3. The minimum atomic E-state index is 0.592. The van der Waals surface area contributed by atoms with E-state index < -0.39 is 0 Å². The van der Waals surface area contributed by atoms with Crippen molar-refractivity contribution in [2.24, 2.45) is 0 Å². The van der Waals surface area contributed by atoms with Gasteiger partial charge in [-0.3, -0.25) is 4.90 Å². The van der Waals surface area contributed by atoms with Gasteiger partial charge in [0.1, 0.15) is 0 Å². The second-order valence-corrected chi connectivity index (χ2v) is 10.00. The third-order valence-electron chi connectivity index (χ3n) is 7.55. The topological polar surface area (TPSA) is 18.5 Å². The molecular weight excluding hydrogens is 438 g/mol. The van der Waals surface area contributed by atoms with Gasteiger partial charge in [-0.1, -0.05) is 81.5 Å². The number of anilines is 2. The summed E-state index contributed by atoms with van der Waals surface area (Å²) in [5, 5.41) is 3.33. The molecule has 0 saturated carbocycles. The van der Waals surface area contributed by atoms with Gasteiger partial charge in [0.2, 0.25) is 0 Å². The maximum atomic E-state index is 3.76. The van der Waals surface area contributed by atoms with E-state index >= 15 is 0 Å². The highest BCUT2D eigenvalue weighted by molar-refractivity contribution is 5.71. The highest BCUT2D eigenvalue weighted by Gasteiger charge is 2.20. The predicted octanol–water partition coefficient (Wildman–Crippen LogP) is 8.01. The lowest BCUT2D eigenvalue weighted by atomic mass is 9.92. The Morgan fingerprint density at radius 1 is 1.03 bits per heavy atom. The summed E-state index contributed by atoms with van der Waals surface area (Å²) in [5.41, 5.74) is 8.15. The molecule has 1 heterocycles. The number of allylic oxidation sites excluding steroid dienone is 3. The zero-order valence-electron chi connectivity index (χ0n) is 23.1. The maximum Gasteiger partial charge on any atom is 0.0443 e. The molecule has 1 aliphatic heterocycles. The summed E-state index contributed by atoms with van der Waals surface area (Å²) in [6.07, 6.45) is 16.6. The Hall–Kier alpha value is -2.78. The summed E-state index contributed by atoms with van der Waals surface area (Å²) in [7, 11) is 1.99. The molecule has 1 fully saturated rings. The van der Waals surface area contributed by atoms with Crippen LogP contribution in [0.25, 0.3) is 12.2 Å². The maximum absolute atomic E-state index is 3.76. The molecule has 1 aliphatic rings. The van der Waals surface area contributed by atoms with Gasteiger partial charge >= 0.3 is 0 Å². The van der Waals surface area contributed by atoms with Gasteiger partial charge in [0.15, 0.2) is 0 Å². The number of rotatable bonds is 13. The molecule has 1 saturated heterocycles. The molecule has 1 atom stereocenters. The van der Waals surface area contributed by atoms with Crippen molar-refractivity contribution in [1.29, 1.82) is 0 Å². The van der Waals surface area contributed by atoms with E-state index in [9.17, 15) is 0 Å². The van der Waals surface area contributed by atoms with Crippen LogP contribution < -0.4 is 10.2 Å². The van der Waals surface area contributed by atoms with E-state index in [4.69, 9.17) is 0 Å². The van der Waals surface area contributed by atoms with Gasteiger partial charge in [-0.05, 0) is 73.9 Å². The van der Waals surface area contributed by atoms with Gasteiger partial charge in [0.25, 0.3) is 0 Å². The van der Waals surface area contributed by atoms with Crippen molar-refractivity contribution in [3.63, 3.8) is 0 Å². The first-order valence-corrected chi connectivity index (χ1v) is 13.9. The number of aryl methyl sites for hydroxylation is 1. The Morgan fingerprint density at radius 3 is 2.53 bits per heavy atom. The Morgan fingerprint density at radius 2 is 1.83 bits per heavy atom. The highest BCUT2D eigenvalue weighted by Crippen LogP contribution is 2.32. The van der Waals surface area contributed by atoms with E-state index in [0.29, 0.717) is 5.92 Å². The average Bonchev–Trinajstić information content (AvgIpc) is 2.92. The molecular formula is C33H47N3. The van der Waals surface area contributed by atoms with Gasteiger partial charge in [-0.2, -0.15) is 0 Å². The molecule has 1 unspecified atom stereocenters. The van der Waals surface area contributed by atoms with Crippen molar-refractivity contribution in [1.82, 2.24) is 4.90 Å². The molecule has 194 valence electrons. The van der Waals surface area contributed by atoms with Gasteiger partial charge in [0, 0.05) is 50.2 Å². The fraction of sp³-hybridized carbons (Fsp3) is 0.455. The Kier molecular flexibility index (Phi) is 11.4. The lowest BCUT2D eigenvalue weighted by Gasteiger charge is -2.37. The normalized spacial score (nSPS) is 15.6. The minimum Gasteiger partial charge on any atom is -0.388 e. The van der Waals surface area contributed by atoms with Gasteiger partial charge < -0.3 is 10.2 Å². The summed E-state index contributed by atoms with van der Waals surface area (Å²) < 4.78 is 0. The molecule has 0 aliphatic carbocycles. The molecule has 0 bridgehead atoms. The molecule has 2 aromatic carbocycles. The van der Waals surface area contributed by atoms with E-state index in [-0.39, 0.29) is 0 Å². The number of nitrogens with one attached hydrogen (secondary N) is 1. The molecule has 2 aromatic rings. The van der Waals surface area contributed by atoms with Crippen LogP contribution in [0.15, 0.2) is 61.2 Å². The summed E-state index contributed by atoms with van der Waals surface area (Å²) in [4.78, 5) is 5.26. The van der Waals surface area contributed by atoms with Crippen molar-refractivity contribution in [3.05, 3.63) is 83.5 Å². The molecule has 3 nitrogen and oxygen atoms in total. The molecule has 3 heteroatoms. The number of piperazine rings is 1. The van der Waals surface area contributed by atoms with E-state index in [1.807, 2.05) is 19.2 Å². The Labute approximate surface area is 220 Å². The van der Waals surface area contributed by atoms with Crippen LogP contribution in [0.5, 0.6) is 0 Å². The van der Waals surface area contributed by atoms with Crippen LogP contribution in [0.3, 0.4) is 0 Å². The van der Waals surface area contributed by atoms with Crippen molar-refractivity contribution >= 4 is 23.5 Å². The number of unbranched alkanes of at least 4 members (excludes halogenated alkanes) is 2. The van der Waals surface area contributed by atoms with E-state index in [1.54, 1.807) is 0 Å². The van der Waals surface area contributed by atoms with E-state index in [1.165, 1.54) is 65.9 Å². The first kappa shape index (κ1) is 27.8. The Balaban J connectivity index is 1.44. The molecule has 0 amide bonds. The Bertz CT molecular complexity index is 1010. The quantitative estimate of drug-likeness (QED) is 0.229. The van der Waals surface area contributed by atoms with Crippen LogP contribution in [0.4, 0.5) is 11.4 Å². The number of benzene rings is 2. The van der Waals surface area contributed by atoms with Crippen LogP contribution in [-0.2, 0) is 6.42 Å². The average molecular weight is 486 g/mol. The summed E-state index contributed by atoms with van der Waals surface area (Å²) >= 11 is 0. The SMILES string of the molecule is C=C/C=C\c1ccc(CCCCCN2CCN(c3cccc(C(C)CC)c3/C=C\C)CC2)cc1NC. The third-order valence-corrected chi connectivity index (χ3v) is 7.55. The van der Waals surface area contributed by atoms with Crippen LogP contribution in [0.1, 0.15) is 74.6 Å². The van der Waals surface area contributed by atoms with Crippen molar-refractivity contribution in [2.45, 2.75) is 58.8 Å². The van der Waals surface area contributed by atoms with Crippen LogP contribution in [0.2, 0.25) is 0 Å². The minimum absolute atomic E-state index is 0.592. The molecule has 0 spiro atoms. The van der Waals surface area contributed by atoms with E-state index in [0.717, 1.165) is 32.6 Å². The summed E-state index contributed by atoms with van der Waals surface area (Å²) in [6, 6.07) is 13.7. The molecule has 1 N–H and O–H groups in total. The second-order valence-electron chi connectivity index (χ2n) is 10.00. The number of hydrogen-bond donors (Lipinski definition) is 1. The highest BCUT2D eigenvalue weighted by atomic mass is 15.3. The summed E-state index contributed by atoms with van der Waals surface area (Å²) in [5.74, 6) is 0.592. The van der Waals surface area contributed by atoms with Crippen LogP contribution in [0, 0.1) is 0 Å². The van der Waals surface area contributed by atoms with E-state index in [2.05, 4.69) is 97.1 Å². The fourth-order valence-corrected chi connectivity index (χ4v) is 5.19. The fourth-order valence-electron chi connectivity index (χ4n) is 5.19. The zero-order valence-corrected chi connectivity index (χ0v) is 23.1. The largest absolute Gasteiger partial charge is 0.388 e. The second kappa shape index (κ2) is 14.7. The number of nitrogens with zero attached hydrogens (tertiary/aromatic N) is 2. The predicted molar refractivity (Wildman–Crippen MR) is 161 cm³/mol. The van der Waals surface area contributed by atoms with Crippen LogP contribution >= 0.6 is 0 Å². The first-order chi connectivity index (χ1) is 17.6. The molecule has 0 aromatic heterocycles. The molecule has 3 rings (SSSR count). The summed E-state index contributed by atoms with van der Waals surface area (Å²) in [6.45, 7) is 16.3. The van der Waals surface area contributed by atoms with Crippen molar-refractivity contribution in [2.75, 3.05) is 50.0 Å². The van der Waals surface area contributed by atoms with Gasteiger partial charge in [0.05, 0.1) is 0 Å². The lowest BCUT2D eigenvalue weighted by Crippen LogP contribution is -2.46. The molecule has 0 radical (unpaired) electrons. The van der Waals surface area contributed by atoms with Crippen LogP contribution in [-0.4, -0.2) is 44.7 Å². The van der Waals surface area contributed by atoms with Crippen molar-refractivity contribution < 1.29 is 0 Å². The monoisotopic (exact) mass is 485 g/mol. The van der Waals surface area contributed by atoms with Crippen molar-refractivity contribution in [3.8, 4) is 0 Å². The van der Waals surface area contributed by atoms with Gasteiger partial charge in [-0.15, -0.1) is 0 Å².